The number of hydrogen-bond donors (Lipinski definition) is 2. The zero-order valence-electron chi connectivity index (χ0n) is 10.1. The molecule has 0 saturated heterocycles. The molecule has 0 aliphatic carbocycles. The number of aliphatic hydroxyl groups excluding tert-OH is 1. The first kappa shape index (κ1) is 14.1. The Morgan fingerprint density at radius 3 is 2.35 bits per heavy atom. The monoisotopic (exact) mass is 285 g/mol. The lowest BCUT2D eigenvalue weighted by Gasteiger charge is -2.09. The highest BCUT2D eigenvalue weighted by Crippen LogP contribution is 2.31. The van der Waals surface area contributed by atoms with Crippen molar-refractivity contribution in [3.8, 4) is 11.6 Å². The molecule has 0 bridgehead atoms. The van der Waals surface area contributed by atoms with E-state index in [1.807, 2.05) is 0 Å². The van der Waals surface area contributed by atoms with E-state index in [0.29, 0.717) is 11.6 Å². The molecule has 106 valence electrons. The number of ether oxygens (including phenoxy) is 1. The third-order valence-corrected chi connectivity index (χ3v) is 2.34. The lowest BCUT2D eigenvalue weighted by atomic mass is 10.2. The van der Waals surface area contributed by atoms with Crippen LogP contribution in [0.15, 0.2) is 30.3 Å². The van der Waals surface area contributed by atoms with Crippen molar-refractivity contribution in [2.75, 3.05) is 5.73 Å². The van der Waals surface area contributed by atoms with E-state index in [9.17, 15) is 13.2 Å². The van der Waals surface area contributed by atoms with Crippen LogP contribution in [0.5, 0.6) is 11.6 Å². The zero-order chi connectivity index (χ0) is 14.8. The quantitative estimate of drug-likeness (QED) is 0.904. The van der Waals surface area contributed by atoms with Gasteiger partial charge < -0.3 is 15.6 Å². The Kier molecular flexibility index (Phi) is 3.75. The summed E-state index contributed by atoms with van der Waals surface area (Å²) in [5.41, 5.74) is 4.69. The van der Waals surface area contributed by atoms with Crippen LogP contribution in [-0.4, -0.2) is 15.1 Å². The number of alkyl halides is 3. The molecule has 8 heteroatoms. The molecule has 2 rings (SSSR count). The van der Waals surface area contributed by atoms with Crippen molar-refractivity contribution >= 4 is 5.95 Å². The number of hydrogen-bond acceptors (Lipinski definition) is 5. The molecule has 0 amide bonds. The van der Waals surface area contributed by atoms with Crippen molar-refractivity contribution in [2.24, 2.45) is 0 Å². The fourth-order valence-electron chi connectivity index (χ4n) is 1.42. The molecule has 0 radical (unpaired) electrons. The number of nitrogens with zero attached hydrogens (tertiary/aromatic N) is 2. The maximum atomic E-state index is 12.6. The number of aliphatic hydroxyl groups is 1. The van der Waals surface area contributed by atoms with Crippen molar-refractivity contribution in [2.45, 2.75) is 12.8 Å². The van der Waals surface area contributed by atoms with Crippen molar-refractivity contribution in [1.29, 1.82) is 0 Å². The summed E-state index contributed by atoms with van der Waals surface area (Å²) in [7, 11) is 0. The second-order valence-electron chi connectivity index (χ2n) is 3.85. The first-order valence-corrected chi connectivity index (χ1v) is 5.48. The minimum atomic E-state index is -4.63. The van der Waals surface area contributed by atoms with Crippen molar-refractivity contribution < 1.29 is 23.0 Å². The highest BCUT2D eigenvalue weighted by Gasteiger charge is 2.33. The van der Waals surface area contributed by atoms with Gasteiger partial charge in [0.25, 0.3) is 0 Å². The highest BCUT2D eigenvalue weighted by molar-refractivity contribution is 5.33. The summed E-state index contributed by atoms with van der Waals surface area (Å²) in [6.07, 6.45) is -4.63. The van der Waals surface area contributed by atoms with Gasteiger partial charge in [0, 0.05) is 6.07 Å². The van der Waals surface area contributed by atoms with Gasteiger partial charge in [-0.25, -0.2) is 4.98 Å². The molecule has 2 aromatic rings. The lowest BCUT2D eigenvalue weighted by Crippen LogP contribution is -2.11. The van der Waals surface area contributed by atoms with Crippen LogP contribution >= 0.6 is 0 Å². The summed E-state index contributed by atoms with van der Waals surface area (Å²) in [6.45, 7) is -0.140. The third-order valence-electron chi connectivity index (χ3n) is 2.34. The molecule has 1 aromatic carbocycles. The van der Waals surface area contributed by atoms with Crippen LogP contribution in [0, 0.1) is 0 Å². The third kappa shape index (κ3) is 3.35. The fraction of sp³-hybridized carbons (Fsp3) is 0.167. The number of nitrogens with two attached hydrogens (primary N) is 1. The van der Waals surface area contributed by atoms with Gasteiger partial charge in [0.1, 0.15) is 5.75 Å². The van der Waals surface area contributed by atoms with Gasteiger partial charge in [-0.3, -0.25) is 0 Å². The Balaban J connectivity index is 2.26. The smallest absolute Gasteiger partial charge is 0.433 e. The molecule has 5 nitrogen and oxygen atoms in total. The molecule has 0 atom stereocenters. The van der Waals surface area contributed by atoms with Crippen molar-refractivity contribution in [1.82, 2.24) is 9.97 Å². The Labute approximate surface area is 111 Å². The van der Waals surface area contributed by atoms with Crippen LogP contribution in [0.4, 0.5) is 19.1 Å². The molecule has 0 aliphatic heterocycles. The van der Waals surface area contributed by atoms with Crippen LogP contribution in [0.25, 0.3) is 0 Å². The van der Waals surface area contributed by atoms with E-state index < -0.39 is 17.8 Å². The molecule has 1 aromatic heterocycles. The molecule has 3 N–H and O–H groups in total. The number of rotatable bonds is 3. The molecule has 20 heavy (non-hydrogen) atoms. The van der Waals surface area contributed by atoms with Crippen molar-refractivity contribution in [3.05, 3.63) is 41.6 Å². The van der Waals surface area contributed by atoms with Crippen LogP contribution in [0.2, 0.25) is 0 Å². The largest absolute Gasteiger partial charge is 0.439 e. The number of anilines is 1. The van der Waals surface area contributed by atoms with E-state index >= 15 is 0 Å². The van der Waals surface area contributed by atoms with Gasteiger partial charge in [-0.15, -0.1) is 0 Å². The molecular formula is C12H10F3N3O2. The van der Waals surface area contributed by atoms with Gasteiger partial charge in [0.15, 0.2) is 5.69 Å². The SMILES string of the molecule is Nc1nc(Oc2ccc(CO)cc2)cc(C(F)(F)F)n1. The molecular weight excluding hydrogens is 275 g/mol. The molecule has 0 fully saturated rings. The van der Waals surface area contributed by atoms with Gasteiger partial charge in [0.05, 0.1) is 6.61 Å². The highest BCUT2D eigenvalue weighted by atomic mass is 19.4. The Hall–Kier alpha value is -2.35. The van der Waals surface area contributed by atoms with E-state index in [1.54, 1.807) is 12.1 Å². The number of aromatic nitrogens is 2. The Bertz CT molecular complexity index is 600. The first-order chi connectivity index (χ1) is 9.38. The maximum Gasteiger partial charge on any atom is 0.433 e. The second-order valence-corrected chi connectivity index (χ2v) is 3.85. The lowest BCUT2D eigenvalue weighted by molar-refractivity contribution is -0.141. The minimum absolute atomic E-state index is 0.140. The minimum Gasteiger partial charge on any atom is -0.439 e. The number of nitrogen functional groups attached to an aromatic ring is 1. The molecule has 0 spiro atoms. The Morgan fingerprint density at radius 1 is 1.15 bits per heavy atom. The number of benzene rings is 1. The van der Waals surface area contributed by atoms with Gasteiger partial charge in [0.2, 0.25) is 11.8 Å². The topological polar surface area (TPSA) is 81.3 Å². The van der Waals surface area contributed by atoms with Gasteiger partial charge in [-0.2, -0.15) is 18.2 Å². The van der Waals surface area contributed by atoms with Crippen molar-refractivity contribution in [3.63, 3.8) is 0 Å². The van der Waals surface area contributed by atoms with Crippen LogP contribution < -0.4 is 10.5 Å². The normalized spacial score (nSPS) is 11.4. The molecule has 0 unspecified atom stereocenters. The molecule has 0 aliphatic rings. The molecule has 0 saturated carbocycles. The summed E-state index contributed by atoms with van der Waals surface area (Å²) in [5.74, 6) is -0.559. The average molecular weight is 285 g/mol. The predicted molar refractivity (Wildman–Crippen MR) is 63.9 cm³/mol. The summed E-state index contributed by atoms with van der Waals surface area (Å²) in [5, 5.41) is 8.88. The van der Waals surface area contributed by atoms with Crippen LogP contribution in [0.3, 0.4) is 0 Å². The molecule has 1 heterocycles. The summed E-state index contributed by atoms with van der Waals surface area (Å²) < 4.78 is 42.9. The van der Waals surface area contributed by atoms with Crippen LogP contribution in [0.1, 0.15) is 11.3 Å². The maximum absolute atomic E-state index is 12.6. The second kappa shape index (κ2) is 5.33. The predicted octanol–water partition coefficient (Wildman–Crippen LogP) is 2.36. The standard InChI is InChI=1S/C12H10F3N3O2/c13-12(14,15)9-5-10(18-11(16)17-9)20-8-3-1-7(6-19)2-4-8/h1-5,19H,6H2,(H2,16,17,18). The fourth-order valence-corrected chi connectivity index (χ4v) is 1.42. The van der Waals surface area contributed by atoms with E-state index in [1.165, 1.54) is 12.1 Å². The van der Waals surface area contributed by atoms with Gasteiger partial charge >= 0.3 is 6.18 Å². The summed E-state index contributed by atoms with van der Waals surface area (Å²) in [4.78, 5) is 6.68. The summed E-state index contributed by atoms with van der Waals surface area (Å²) >= 11 is 0. The van der Waals surface area contributed by atoms with Crippen LogP contribution in [-0.2, 0) is 12.8 Å². The van der Waals surface area contributed by atoms with Gasteiger partial charge in [-0.1, -0.05) is 12.1 Å². The van der Waals surface area contributed by atoms with Gasteiger partial charge in [-0.05, 0) is 17.7 Å². The number of halogens is 3. The van der Waals surface area contributed by atoms with E-state index in [4.69, 9.17) is 15.6 Å². The summed E-state index contributed by atoms with van der Waals surface area (Å²) in [6, 6.07) is 6.81. The van der Waals surface area contributed by atoms with E-state index in [0.717, 1.165) is 0 Å². The zero-order valence-corrected chi connectivity index (χ0v) is 10.1. The van der Waals surface area contributed by atoms with E-state index in [-0.39, 0.29) is 18.2 Å². The first-order valence-electron chi connectivity index (χ1n) is 5.48. The average Bonchev–Trinajstić information content (AvgIpc) is 2.38. The van der Waals surface area contributed by atoms with E-state index in [2.05, 4.69) is 9.97 Å². The Morgan fingerprint density at radius 2 is 1.80 bits per heavy atom.